The van der Waals surface area contributed by atoms with Crippen molar-refractivity contribution in [2.75, 3.05) is 0 Å². The lowest BCUT2D eigenvalue weighted by atomic mass is 9.96. The maximum absolute atomic E-state index is 10.9. The lowest BCUT2D eigenvalue weighted by Crippen LogP contribution is -2.30. The van der Waals surface area contributed by atoms with E-state index in [1.54, 1.807) is 10.9 Å². The Balaban J connectivity index is 2.06. The molecule has 0 aliphatic heterocycles. The monoisotopic (exact) mass is 262 g/mol. The highest BCUT2D eigenvalue weighted by molar-refractivity contribution is 6.31. The van der Waals surface area contributed by atoms with Gasteiger partial charge in [0.05, 0.1) is 16.9 Å². The zero-order valence-corrected chi connectivity index (χ0v) is 11.0. The third-order valence-corrected chi connectivity index (χ3v) is 3.90. The van der Waals surface area contributed by atoms with Crippen LogP contribution in [-0.4, -0.2) is 14.9 Å². The Bertz CT molecular complexity index is 566. The summed E-state index contributed by atoms with van der Waals surface area (Å²) < 4.78 is 1.79. The topological polar surface area (TPSA) is 38.0 Å². The zero-order chi connectivity index (χ0) is 12.8. The highest BCUT2D eigenvalue weighted by Crippen LogP contribution is 2.40. The molecule has 1 aliphatic carbocycles. The summed E-state index contributed by atoms with van der Waals surface area (Å²) in [4.78, 5) is 0. The van der Waals surface area contributed by atoms with Crippen LogP contribution in [0, 0.1) is 0 Å². The van der Waals surface area contributed by atoms with Gasteiger partial charge in [-0.15, -0.1) is 0 Å². The van der Waals surface area contributed by atoms with Crippen LogP contribution in [0.4, 0.5) is 0 Å². The first-order valence-electron chi connectivity index (χ1n) is 6.15. The summed E-state index contributed by atoms with van der Waals surface area (Å²) in [6, 6.07) is 8.13. The summed E-state index contributed by atoms with van der Waals surface area (Å²) in [5.41, 5.74) is 2.20. The largest absolute Gasteiger partial charge is 0.383 e. The fourth-order valence-corrected chi connectivity index (χ4v) is 3.14. The predicted octanol–water partition coefficient (Wildman–Crippen LogP) is 2.54. The van der Waals surface area contributed by atoms with Crippen molar-refractivity contribution in [3.8, 4) is 0 Å². The van der Waals surface area contributed by atoms with Crippen molar-refractivity contribution >= 4 is 11.6 Å². The number of aromatic nitrogens is 2. The Morgan fingerprint density at radius 2 is 1.94 bits per heavy atom. The molecule has 94 valence electrons. The van der Waals surface area contributed by atoms with Gasteiger partial charge < -0.3 is 5.11 Å². The van der Waals surface area contributed by atoms with Crippen molar-refractivity contribution in [1.82, 2.24) is 9.78 Å². The summed E-state index contributed by atoms with van der Waals surface area (Å²) in [6.07, 6.45) is 2.82. The van der Waals surface area contributed by atoms with Crippen molar-refractivity contribution in [1.29, 1.82) is 0 Å². The van der Waals surface area contributed by atoms with E-state index in [-0.39, 0.29) is 0 Å². The molecule has 0 bridgehead atoms. The minimum Gasteiger partial charge on any atom is -0.383 e. The Hall–Kier alpha value is -1.32. The average Bonchev–Trinajstić information content (AvgIpc) is 2.88. The fourth-order valence-electron chi connectivity index (χ4n) is 2.83. The highest BCUT2D eigenvalue weighted by Gasteiger charge is 2.40. The standard InChI is InChI=1S/C14H15ClN2O/c1-2-17-13(12(15)9-16-17)14(18)7-10-5-3-4-6-11(10)8-14/h3-6,9,18H,2,7-8H2,1H3. The van der Waals surface area contributed by atoms with E-state index >= 15 is 0 Å². The molecule has 1 heterocycles. The first kappa shape index (κ1) is 11.8. The molecule has 1 N–H and O–H groups in total. The lowest BCUT2D eigenvalue weighted by Gasteiger charge is -2.23. The fraction of sp³-hybridized carbons (Fsp3) is 0.357. The second-order valence-electron chi connectivity index (χ2n) is 4.81. The Morgan fingerprint density at radius 3 is 2.50 bits per heavy atom. The lowest BCUT2D eigenvalue weighted by molar-refractivity contribution is 0.0389. The van der Waals surface area contributed by atoms with E-state index in [1.165, 1.54) is 11.1 Å². The molecule has 0 amide bonds. The van der Waals surface area contributed by atoms with E-state index in [1.807, 2.05) is 19.1 Å². The van der Waals surface area contributed by atoms with Crippen LogP contribution in [0.3, 0.4) is 0 Å². The number of rotatable bonds is 2. The number of benzene rings is 1. The van der Waals surface area contributed by atoms with Crippen LogP contribution in [0.25, 0.3) is 0 Å². The summed E-state index contributed by atoms with van der Waals surface area (Å²) >= 11 is 6.19. The molecule has 1 aromatic heterocycles. The van der Waals surface area contributed by atoms with Crippen LogP contribution in [0.1, 0.15) is 23.7 Å². The van der Waals surface area contributed by atoms with Crippen molar-refractivity contribution in [2.45, 2.75) is 31.9 Å². The van der Waals surface area contributed by atoms with Crippen molar-refractivity contribution < 1.29 is 5.11 Å². The van der Waals surface area contributed by atoms with Crippen LogP contribution >= 0.6 is 11.6 Å². The number of hydrogen-bond acceptors (Lipinski definition) is 2. The Kier molecular flexibility index (Phi) is 2.68. The molecule has 18 heavy (non-hydrogen) atoms. The molecule has 3 nitrogen and oxygen atoms in total. The van der Waals surface area contributed by atoms with Gasteiger partial charge in [0.1, 0.15) is 5.60 Å². The molecule has 1 aromatic carbocycles. The third kappa shape index (κ3) is 1.66. The average molecular weight is 263 g/mol. The summed E-state index contributed by atoms with van der Waals surface area (Å²) in [7, 11) is 0. The molecular weight excluding hydrogens is 248 g/mol. The minimum atomic E-state index is -0.923. The molecule has 0 saturated heterocycles. The number of fused-ring (bicyclic) bond motifs is 1. The van der Waals surface area contributed by atoms with E-state index < -0.39 is 5.60 Å². The molecule has 0 fully saturated rings. The van der Waals surface area contributed by atoms with E-state index in [0.29, 0.717) is 24.4 Å². The highest BCUT2D eigenvalue weighted by atomic mass is 35.5. The van der Waals surface area contributed by atoms with Crippen LogP contribution in [0.15, 0.2) is 30.5 Å². The Labute approximate surface area is 111 Å². The summed E-state index contributed by atoms with van der Waals surface area (Å²) in [5, 5.41) is 15.7. The van der Waals surface area contributed by atoms with Gasteiger partial charge in [0.2, 0.25) is 0 Å². The van der Waals surface area contributed by atoms with E-state index in [0.717, 1.165) is 5.69 Å². The smallest absolute Gasteiger partial charge is 0.116 e. The number of aliphatic hydroxyl groups is 1. The Morgan fingerprint density at radius 1 is 1.33 bits per heavy atom. The summed E-state index contributed by atoms with van der Waals surface area (Å²) in [6.45, 7) is 2.71. The quantitative estimate of drug-likeness (QED) is 0.903. The molecule has 0 radical (unpaired) electrons. The molecule has 0 spiro atoms. The van der Waals surface area contributed by atoms with Gasteiger partial charge in [0.15, 0.2) is 0 Å². The molecule has 4 heteroatoms. The van der Waals surface area contributed by atoms with Crippen LogP contribution in [-0.2, 0) is 25.0 Å². The molecule has 0 saturated carbocycles. The SMILES string of the molecule is CCn1ncc(Cl)c1C1(O)Cc2ccccc2C1. The summed E-state index contributed by atoms with van der Waals surface area (Å²) in [5.74, 6) is 0. The van der Waals surface area contributed by atoms with Gasteiger partial charge in [-0.05, 0) is 18.1 Å². The first-order valence-corrected chi connectivity index (χ1v) is 6.53. The van der Waals surface area contributed by atoms with Gasteiger partial charge in [-0.25, -0.2) is 0 Å². The predicted molar refractivity (Wildman–Crippen MR) is 70.7 cm³/mol. The molecule has 1 aliphatic rings. The molecule has 3 rings (SSSR count). The van der Waals surface area contributed by atoms with Crippen molar-refractivity contribution in [3.05, 3.63) is 52.3 Å². The second-order valence-corrected chi connectivity index (χ2v) is 5.22. The van der Waals surface area contributed by atoms with Crippen LogP contribution < -0.4 is 0 Å². The number of halogens is 1. The minimum absolute atomic E-state index is 0.548. The number of aryl methyl sites for hydroxylation is 1. The molecular formula is C14H15ClN2O. The molecule has 0 atom stereocenters. The van der Waals surface area contributed by atoms with Gasteiger partial charge in [0, 0.05) is 19.4 Å². The van der Waals surface area contributed by atoms with Crippen LogP contribution in [0.5, 0.6) is 0 Å². The normalized spacial score (nSPS) is 16.8. The zero-order valence-electron chi connectivity index (χ0n) is 10.2. The number of hydrogen-bond donors (Lipinski definition) is 1. The maximum atomic E-state index is 10.9. The van der Waals surface area contributed by atoms with E-state index in [9.17, 15) is 5.11 Å². The maximum Gasteiger partial charge on any atom is 0.116 e. The van der Waals surface area contributed by atoms with E-state index in [2.05, 4.69) is 17.2 Å². The first-order chi connectivity index (χ1) is 8.64. The van der Waals surface area contributed by atoms with E-state index in [4.69, 9.17) is 11.6 Å². The van der Waals surface area contributed by atoms with Gasteiger partial charge >= 0.3 is 0 Å². The molecule has 0 unspecified atom stereocenters. The van der Waals surface area contributed by atoms with Crippen LogP contribution in [0.2, 0.25) is 5.02 Å². The van der Waals surface area contributed by atoms with Crippen molar-refractivity contribution in [2.24, 2.45) is 0 Å². The number of nitrogens with zero attached hydrogens (tertiary/aromatic N) is 2. The van der Waals surface area contributed by atoms with Gasteiger partial charge in [-0.1, -0.05) is 35.9 Å². The van der Waals surface area contributed by atoms with Gasteiger partial charge in [-0.3, -0.25) is 4.68 Å². The van der Waals surface area contributed by atoms with Gasteiger partial charge in [-0.2, -0.15) is 5.10 Å². The third-order valence-electron chi connectivity index (χ3n) is 3.62. The van der Waals surface area contributed by atoms with Crippen molar-refractivity contribution in [3.63, 3.8) is 0 Å². The molecule has 2 aromatic rings. The second kappa shape index (κ2) is 4.11. The van der Waals surface area contributed by atoms with Gasteiger partial charge in [0.25, 0.3) is 0 Å².